The summed E-state index contributed by atoms with van der Waals surface area (Å²) in [6.07, 6.45) is 5.23. The Balaban J connectivity index is 3.65. The Hall–Kier alpha value is -2.55. The van der Waals surface area contributed by atoms with Crippen LogP contribution < -0.4 is 22.5 Å². The molecule has 8 heteroatoms. The minimum absolute atomic E-state index is 0.00271. The normalized spacial score (nSPS) is 17.0. The van der Waals surface area contributed by atoms with E-state index in [1.807, 2.05) is 64.1 Å². The van der Waals surface area contributed by atoms with Gasteiger partial charge in [-0.15, -0.1) is 0 Å². The van der Waals surface area contributed by atoms with Crippen molar-refractivity contribution in [2.75, 3.05) is 0 Å². The number of hydrazine groups is 1. The van der Waals surface area contributed by atoms with Crippen LogP contribution in [-0.4, -0.2) is 28.3 Å². The number of nitrogens with one attached hydrogen (secondary N) is 2. The van der Waals surface area contributed by atoms with Crippen molar-refractivity contribution in [3.05, 3.63) is 42.0 Å². The van der Waals surface area contributed by atoms with E-state index in [1.54, 1.807) is 18.5 Å². The zero-order chi connectivity index (χ0) is 25.9. The third-order valence-electron chi connectivity index (χ3n) is 6.74. The van der Waals surface area contributed by atoms with Crippen LogP contribution in [0, 0.1) is 23.2 Å². The van der Waals surface area contributed by atoms with Crippen molar-refractivity contribution in [1.82, 2.24) is 10.9 Å². The van der Waals surface area contributed by atoms with E-state index in [4.69, 9.17) is 11.6 Å². The highest BCUT2D eigenvalue weighted by molar-refractivity contribution is 6.11. The molecule has 2 unspecified atom stereocenters. The van der Waals surface area contributed by atoms with Gasteiger partial charge in [-0.2, -0.15) is 0 Å². The van der Waals surface area contributed by atoms with Gasteiger partial charge in [-0.1, -0.05) is 89.9 Å². The van der Waals surface area contributed by atoms with Crippen LogP contribution in [0.5, 0.6) is 0 Å². The van der Waals surface area contributed by atoms with E-state index in [0.717, 1.165) is 5.56 Å². The molecule has 0 spiro atoms. The first-order valence-corrected chi connectivity index (χ1v) is 12.0. The number of nitrogens with two attached hydrogens (primary N) is 2. The molecule has 34 heavy (non-hydrogen) atoms. The molecule has 0 heterocycles. The van der Waals surface area contributed by atoms with E-state index >= 15 is 0 Å². The average molecular weight is 475 g/mol. The van der Waals surface area contributed by atoms with Gasteiger partial charge in [0.15, 0.2) is 5.78 Å². The van der Waals surface area contributed by atoms with Gasteiger partial charge in [-0.3, -0.25) is 25.0 Å². The Morgan fingerprint density at radius 1 is 1.12 bits per heavy atom. The molecule has 190 valence electrons. The lowest BCUT2D eigenvalue weighted by Gasteiger charge is -2.45. The third-order valence-corrected chi connectivity index (χ3v) is 6.74. The molecule has 0 saturated carbocycles. The number of carbonyl (C=O) groups excluding carboxylic acids is 3. The summed E-state index contributed by atoms with van der Waals surface area (Å²) in [5.74, 6) is 2.09. The molecule has 1 aromatic rings. The lowest BCUT2D eigenvalue weighted by atomic mass is 9.59. The summed E-state index contributed by atoms with van der Waals surface area (Å²) in [4.78, 5) is 40.4. The van der Waals surface area contributed by atoms with Crippen LogP contribution in [-0.2, 0) is 14.4 Å². The lowest BCUT2D eigenvalue weighted by Crippen LogP contribution is -2.68. The number of allylic oxidation sites excluding steroid dienone is 1. The van der Waals surface area contributed by atoms with Gasteiger partial charge in [-0.25, -0.2) is 11.3 Å². The van der Waals surface area contributed by atoms with Gasteiger partial charge in [-0.05, 0) is 36.7 Å². The molecule has 0 aliphatic heterocycles. The number of benzene rings is 1. The Morgan fingerprint density at radius 3 is 2.21 bits per heavy atom. The van der Waals surface area contributed by atoms with Crippen LogP contribution in [0.2, 0.25) is 0 Å². The molecule has 4 atom stereocenters. The van der Waals surface area contributed by atoms with Gasteiger partial charge >= 0.3 is 0 Å². The largest absolute Gasteiger partial charge is 0.318 e. The Bertz CT molecular complexity index is 842. The molecule has 8 nitrogen and oxygen atoms in total. The molecule has 7 N–H and O–H groups in total. The second-order valence-electron chi connectivity index (χ2n) is 9.55. The Labute approximate surface area is 203 Å². The van der Waals surface area contributed by atoms with E-state index in [2.05, 4.69) is 5.43 Å². The standard InChI is InChI=1S/C26H42N4O4/c1-6-16-25(17-18(3)4,24(33)29-28)23(32)26(27,19(5)7-2)21(22(31)30-34)15-11-14-20-12-9-8-10-13-20/h8-14,18-19,21,34H,6-7,15-17,27-28H2,1-5H3,(H,29,33)(H,30,31)/b14-11+/t19?,21-,25?,26-/m1/s1. The van der Waals surface area contributed by atoms with Crippen LogP contribution in [0.1, 0.15) is 72.3 Å². The highest BCUT2D eigenvalue weighted by Crippen LogP contribution is 2.42. The zero-order valence-electron chi connectivity index (χ0n) is 21.1. The van der Waals surface area contributed by atoms with E-state index in [0.29, 0.717) is 12.8 Å². The topological polar surface area (TPSA) is 148 Å². The van der Waals surface area contributed by atoms with Crippen molar-refractivity contribution < 1.29 is 19.6 Å². The predicted molar refractivity (Wildman–Crippen MR) is 134 cm³/mol. The maximum absolute atomic E-state index is 14.4. The predicted octanol–water partition coefficient (Wildman–Crippen LogP) is 3.35. The molecule has 2 amide bonds. The van der Waals surface area contributed by atoms with E-state index in [9.17, 15) is 19.6 Å². The van der Waals surface area contributed by atoms with Gasteiger partial charge in [0, 0.05) is 0 Å². The number of amides is 2. The zero-order valence-corrected chi connectivity index (χ0v) is 21.1. The molecule has 0 aromatic heterocycles. The minimum Gasteiger partial charge on any atom is -0.318 e. The average Bonchev–Trinajstić information content (AvgIpc) is 2.84. The maximum atomic E-state index is 14.4. The molecule has 0 aliphatic rings. The highest BCUT2D eigenvalue weighted by Gasteiger charge is 2.58. The number of Topliss-reactive ketones (excluding diaryl/α,β-unsaturated/α-hetero) is 1. The number of hydrogen-bond acceptors (Lipinski definition) is 6. The van der Waals surface area contributed by atoms with Crippen molar-refractivity contribution in [1.29, 1.82) is 0 Å². The van der Waals surface area contributed by atoms with Gasteiger partial charge in [0.1, 0.15) is 5.41 Å². The molecule has 0 bridgehead atoms. The molecular weight excluding hydrogens is 432 g/mol. The lowest BCUT2D eigenvalue weighted by molar-refractivity contribution is -0.154. The fraction of sp³-hybridized carbons (Fsp3) is 0.577. The van der Waals surface area contributed by atoms with Crippen molar-refractivity contribution >= 4 is 23.7 Å². The monoisotopic (exact) mass is 474 g/mol. The van der Waals surface area contributed by atoms with Crippen LogP contribution >= 0.6 is 0 Å². The van der Waals surface area contributed by atoms with Gasteiger partial charge in [0.05, 0.1) is 11.5 Å². The molecule has 1 rings (SSSR count). The first kappa shape index (κ1) is 29.5. The number of rotatable bonds is 14. The quantitative estimate of drug-likeness (QED) is 0.0918. The van der Waals surface area contributed by atoms with Gasteiger partial charge in [0.2, 0.25) is 11.8 Å². The second-order valence-corrected chi connectivity index (χ2v) is 9.55. The number of carbonyl (C=O) groups is 3. The molecule has 0 saturated heterocycles. The fourth-order valence-corrected chi connectivity index (χ4v) is 4.86. The van der Waals surface area contributed by atoms with E-state index in [1.165, 1.54) is 0 Å². The number of ketones is 1. The minimum atomic E-state index is -1.72. The molecule has 0 fully saturated rings. The summed E-state index contributed by atoms with van der Waals surface area (Å²) in [7, 11) is 0. The molecule has 0 aliphatic carbocycles. The number of hydroxylamine groups is 1. The van der Waals surface area contributed by atoms with Crippen LogP contribution in [0.25, 0.3) is 6.08 Å². The number of hydrogen-bond donors (Lipinski definition) is 5. The summed E-state index contributed by atoms with van der Waals surface area (Å²) in [5, 5.41) is 9.54. The van der Waals surface area contributed by atoms with Gasteiger partial charge < -0.3 is 5.73 Å². The Kier molecular flexibility index (Phi) is 11.6. The van der Waals surface area contributed by atoms with Crippen molar-refractivity contribution in [3.63, 3.8) is 0 Å². The van der Waals surface area contributed by atoms with Crippen LogP contribution in [0.3, 0.4) is 0 Å². The third kappa shape index (κ3) is 6.52. The summed E-state index contributed by atoms with van der Waals surface area (Å²) >= 11 is 0. The first-order chi connectivity index (χ1) is 16.0. The highest BCUT2D eigenvalue weighted by atomic mass is 16.5. The fourth-order valence-electron chi connectivity index (χ4n) is 4.86. The van der Waals surface area contributed by atoms with E-state index in [-0.39, 0.29) is 25.2 Å². The van der Waals surface area contributed by atoms with Crippen molar-refractivity contribution in [3.8, 4) is 0 Å². The second kappa shape index (κ2) is 13.4. The SMILES string of the molecule is CCCC(CC(C)C)(C(=O)NN)C(=O)[C@@](N)(C(C)CC)[C@H](C/C=C/c1ccccc1)C(=O)NO. The maximum Gasteiger partial charge on any atom is 0.249 e. The summed E-state index contributed by atoms with van der Waals surface area (Å²) in [5.41, 5.74) is 8.47. The first-order valence-electron chi connectivity index (χ1n) is 12.0. The molecular formula is C26H42N4O4. The van der Waals surface area contributed by atoms with Crippen LogP contribution in [0.4, 0.5) is 0 Å². The summed E-state index contributed by atoms with van der Waals surface area (Å²) < 4.78 is 0. The van der Waals surface area contributed by atoms with Gasteiger partial charge in [0.25, 0.3) is 0 Å². The van der Waals surface area contributed by atoms with Crippen molar-refractivity contribution in [2.45, 2.75) is 72.3 Å². The summed E-state index contributed by atoms with van der Waals surface area (Å²) in [6.45, 7) is 9.39. The van der Waals surface area contributed by atoms with Crippen LogP contribution in [0.15, 0.2) is 36.4 Å². The molecule has 0 radical (unpaired) electrons. The van der Waals surface area contributed by atoms with E-state index < -0.39 is 40.4 Å². The Morgan fingerprint density at radius 2 is 1.74 bits per heavy atom. The molecule has 1 aromatic carbocycles. The summed E-state index contributed by atoms with van der Waals surface area (Å²) in [6, 6.07) is 9.51. The van der Waals surface area contributed by atoms with Crippen molar-refractivity contribution in [2.24, 2.45) is 34.7 Å². The smallest absolute Gasteiger partial charge is 0.249 e.